The van der Waals surface area contributed by atoms with Crippen molar-refractivity contribution in [1.82, 2.24) is 14.5 Å². The summed E-state index contributed by atoms with van der Waals surface area (Å²) in [5.74, 6) is 0. The monoisotopic (exact) mass is 329 g/mol. The van der Waals surface area contributed by atoms with E-state index in [1.807, 2.05) is 20.8 Å². The lowest BCUT2D eigenvalue weighted by Gasteiger charge is -2.30. The molecule has 2 rings (SSSR count). The second kappa shape index (κ2) is 6.29. The molecule has 2 N–H and O–H groups in total. The maximum Gasteiger partial charge on any atom is 0.244 e. The van der Waals surface area contributed by atoms with Crippen LogP contribution in [0.3, 0.4) is 0 Å². The number of aliphatic hydroxyl groups excluding tert-OH is 1. The molecule has 7 heteroatoms. The van der Waals surface area contributed by atoms with Crippen molar-refractivity contribution in [3.63, 3.8) is 0 Å². The van der Waals surface area contributed by atoms with E-state index in [4.69, 9.17) is 0 Å². The Morgan fingerprint density at radius 3 is 2.64 bits per heavy atom. The summed E-state index contributed by atoms with van der Waals surface area (Å²) in [7, 11) is -1.85. The summed E-state index contributed by atoms with van der Waals surface area (Å²) < 4.78 is 30.3. The quantitative estimate of drug-likeness (QED) is 0.826. The van der Waals surface area contributed by atoms with E-state index in [-0.39, 0.29) is 18.1 Å². The topological polar surface area (TPSA) is 84.2 Å². The Morgan fingerprint density at radius 1 is 1.41 bits per heavy atom. The van der Waals surface area contributed by atoms with Gasteiger partial charge in [-0.25, -0.2) is 13.1 Å². The van der Waals surface area contributed by atoms with Crippen LogP contribution in [-0.2, 0) is 29.9 Å². The van der Waals surface area contributed by atoms with Crippen LogP contribution < -0.4 is 4.72 Å². The van der Waals surface area contributed by atoms with Gasteiger partial charge >= 0.3 is 0 Å². The molecule has 0 aromatic carbocycles. The molecule has 1 aromatic rings. The molecular formula is C15H27N3O3S. The SMILES string of the molecule is CCc1nn(C)c(CC)c1S(=O)(=O)N[C@H]1CCC[C@]1(C)CO. The smallest absolute Gasteiger partial charge is 0.244 e. The zero-order chi connectivity index (χ0) is 16.5. The van der Waals surface area contributed by atoms with Crippen LogP contribution in [0.5, 0.6) is 0 Å². The first-order valence-electron chi connectivity index (χ1n) is 7.97. The summed E-state index contributed by atoms with van der Waals surface area (Å²) in [6, 6.07) is -0.225. The lowest BCUT2D eigenvalue weighted by atomic mass is 9.86. The van der Waals surface area contributed by atoms with E-state index in [1.54, 1.807) is 11.7 Å². The van der Waals surface area contributed by atoms with Crippen LogP contribution in [0.1, 0.15) is 51.4 Å². The first-order chi connectivity index (χ1) is 10.3. The predicted octanol–water partition coefficient (Wildman–Crippen LogP) is 1.37. The molecule has 0 bridgehead atoms. The molecule has 0 amide bonds. The van der Waals surface area contributed by atoms with Gasteiger partial charge in [-0.1, -0.05) is 27.2 Å². The lowest BCUT2D eigenvalue weighted by Crippen LogP contribution is -2.45. The molecule has 1 aliphatic carbocycles. The number of aliphatic hydroxyl groups is 1. The van der Waals surface area contributed by atoms with E-state index in [0.717, 1.165) is 25.0 Å². The van der Waals surface area contributed by atoms with Gasteiger partial charge < -0.3 is 5.11 Å². The molecule has 1 fully saturated rings. The summed E-state index contributed by atoms with van der Waals surface area (Å²) in [5.41, 5.74) is 0.956. The van der Waals surface area contributed by atoms with Gasteiger partial charge in [0.05, 0.1) is 11.4 Å². The molecule has 1 saturated carbocycles. The first-order valence-corrected chi connectivity index (χ1v) is 9.45. The first kappa shape index (κ1) is 17.4. The number of nitrogens with zero attached hydrogens (tertiary/aromatic N) is 2. The fourth-order valence-corrected chi connectivity index (χ4v) is 5.38. The van der Waals surface area contributed by atoms with Crippen LogP contribution >= 0.6 is 0 Å². The van der Waals surface area contributed by atoms with Crippen LogP contribution in [0.25, 0.3) is 0 Å². The Morgan fingerprint density at radius 2 is 2.09 bits per heavy atom. The fourth-order valence-electron chi connectivity index (χ4n) is 3.40. The van der Waals surface area contributed by atoms with Gasteiger partial charge in [0.1, 0.15) is 4.90 Å². The van der Waals surface area contributed by atoms with E-state index in [0.29, 0.717) is 23.4 Å². The normalized spacial score (nSPS) is 25.8. The van der Waals surface area contributed by atoms with Crippen molar-refractivity contribution in [3.8, 4) is 0 Å². The molecule has 1 aliphatic rings. The van der Waals surface area contributed by atoms with Crippen LogP contribution in [0.4, 0.5) is 0 Å². The highest BCUT2D eigenvalue weighted by atomic mass is 32.2. The molecule has 0 spiro atoms. The number of aryl methyl sites for hydroxylation is 2. The number of sulfonamides is 1. The number of rotatable bonds is 6. The summed E-state index contributed by atoms with van der Waals surface area (Å²) in [6.45, 7) is 5.78. The van der Waals surface area contributed by atoms with Crippen LogP contribution in [0, 0.1) is 5.41 Å². The Balaban J connectivity index is 2.39. The van der Waals surface area contributed by atoms with Crippen LogP contribution in [0.2, 0.25) is 0 Å². The van der Waals surface area contributed by atoms with E-state index in [1.165, 1.54) is 0 Å². The van der Waals surface area contributed by atoms with Crippen molar-refractivity contribution >= 4 is 10.0 Å². The van der Waals surface area contributed by atoms with E-state index >= 15 is 0 Å². The number of aromatic nitrogens is 2. The standard InChI is InChI=1S/C15H27N3O3S/c1-5-11-14(12(6-2)18(4)16-11)22(20,21)17-13-8-7-9-15(13,3)10-19/h13,17,19H,5-10H2,1-4H3/t13-,15+/m0/s1. The minimum atomic E-state index is -3.63. The summed E-state index contributed by atoms with van der Waals surface area (Å²) >= 11 is 0. The average molecular weight is 329 g/mol. The molecule has 1 heterocycles. The highest BCUT2D eigenvalue weighted by Crippen LogP contribution is 2.38. The van der Waals surface area contributed by atoms with Crippen molar-refractivity contribution in [2.45, 2.75) is 63.8 Å². The molecule has 2 atom stereocenters. The zero-order valence-corrected chi connectivity index (χ0v) is 14.7. The highest BCUT2D eigenvalue weighted by molar-refractivity contribution is 7.89. The van der Waals surface area contributed by atoms with Gasteiger partial charge in [-0.15, -0.1) is 0 Å². The molecule has 126 valence electrons. The maximum absolute atomic E-state index is 12.9. The van der Waals surface area contributed by atoms with Crippen molar-refractivity contribution in [2.24, 2.45) is 12.5 Å². The van der Waals surface area contributed by atoms with Crippen molar-refractivity contribution in [1.29, 1.82) is 0 Å². The molecule has 22 heavy (non-hydrogen) atoms. The summed E-state index contributed by atoms with van der Waals surface area (Å²) in [4.78, 5) is 0.326. The molecular weight excluding hydrogens is 302 g/mol. The highest BCUT2D eigenvalue weighted by Gasteiger charge is 2.41. The number of hydrogen-bond acceptors (Lipinski definition) is 4. The minimum Gasteiger partial charge on any atom is -0.396 e. The van der Waals surface area contributed by atoms with E-state index < -0.39 is 10.0 Å². The molecule has 0 saturated heterocycles. The average Bonchev–Trinajstić information content (AvgIpc) is 2.99. The summed E-state index contributed by atoms with van der Waals surface area (Å²) in [5, 5.41) is 14.0. The van der Waals surface area contributed by atoms with Crippen molar-refractivity contribution in [3.05, 3.63) is 11.4 Å². The van der Waals surface area contributed by atoms with Crippen LogP contribution in [0.15, 0.2) is 4.90 Å². The fraction of sp³-hybridized carbons (Fsp3) is 0.800. The second-order valence-electron chi connectivity index (χ2n) is 6.43. The van der Waals surface area contributed by atoms with E-state index in [2.05, 4.69) is 9.82 Å². The van der Waals surface area contributed by atoms with Gasteiger partial charge in [0.25, 0.3) is 0 Å². The Kier molecular flexibility index (Phi) is 4.99. The van der Waals surface area contributed by atoms with Gasteiger partial charge in [0, 0.05) is 25.1 Å². The Labute approximate surface area is 133 Å². The Hall–Kier alpha value is -0.920. The van der Waals surface area contributed by atoms with Crippen molar-refractivity contribution in [2.75, 3.05) is 6.61 Å². The van der Waals surface area contributed by atoms with Crippen molar-refractivity contribution < 1.29 is 13.5 Å². The zero-order valence-electron chi connectivity index (χ0n) is 13.9. The maximum atomic E-state index is 12.9. The third-order valence-corrected chi connectivity index (χ3v) is 6.47. The second-order valence-corrected chi connectivity index (χ2v) is 8.08. The van der Waals surface area contributed by atoms with Gasteiger partial charge in [-0.05, 0) is 25.7 Å². The number of nitrogens with one attached hydrogen (secondary N) is 1. The lowest BCUT2D eigenvalue weighted by molar-refractivity contribution is 0.127. The Bertz CT molecular complexity index is 639. The molecule has 0 unspecified atom stereocenters. The van der Waals surface area contributed by atoms with Gasteiger partial charge in [-0.2, -0.15) is 5.10 Å². The predicted molar refractivity (Wildman–Crippen MR) is 85.1 cm³/mol. The molecule has 0 aliphatic heterocycles. The van der Waals surface area contributed by atoms with Gasteiger partial charge in [-0.3, -0.25) is 4.68 Å². The minimum absolute atomic E-state index is 0.00546. The van der Waals surface area contributed by atoms with Gasteiger partial charge in [0.2, 0.25) is 10.0 Å². The molecule has 0 radical (unpaired) electrons. The summed E-state index contributed by atoms with van der Waals surface area (Å²) in [6.07, 6.45) is 3.72. The van der Waals surface area contributed by atoms with E-state index in [9.17, 15) is 13.5 Å². The largest absolute Gasteiger partial charge is 0.396 e. The molecule has 6 nitrogen and oxygen atoms in total. The van der Waals surface area contributed by atoms with Crippen LogP contribution in [-0.4, -0.2) is 36.0 Å². The molecule has 1 aromatic heterocycles. The third-order valence-electron chi connectivity index (χ3n) is 4.86. The third kappa shape index (κ3) is 2.94. The number of hydrogen-bond donors (Lipinski definition) is 2. The van der Waals surface area contributed by atoms with Gasteiger partial charge in [0.15, 0.2) is 0 Å².